The van der Waals surface area contributed by atoms with Gasteiger partial charge in [-0.05, 0) is 62.5 Å². The molecule has 5 rings (SSSR count). The van der Waals surface area contributed by atoms with Gasteiger partial charge in [0.05, 0.1) is 6.10 Å². The van der Waals surface area contributed by atoms with Crippen molar-refractivity contribution in [3.63, 3.8) is 0 Å². The van der Waals surface area contributed by atoms with Crippen LogP contribution in [0.5, 0.6) is 0 Å². The number of rotatable bonds is 2. The fraction of sp³-hybridized carbons (Fsp3) is 0.727. The van der Waals surface area contributed by atoms with Gasteiger partial charge in [-0.1, -0.05) is 25.5 Å². The second-order valence-electron chi connectivity index (χ2n) is 9.86. The largest absolute Gasteiger partial charge is 0.388 e. The van der Waals surface area contributed by atoms with E-state index in [0.717, 1.165) is 24.8 Å². The van der Waals surface area contributed by atoms with Crippen molar-refractivity contribution < 1.29 is 24.5 Å². The lowest BCUT2D eigenvalue weighted by Gasteiger charge is -2.55. The fourth-order valence-electron chi connectivity index (χ4n) is 7.70. The summed E-state index contributed by atoms with van der Waals surface area (Å²) in [6.07, 6.45) is 8.58. The first kappa shape index (κ1) is 17.8. The summed E-state index contributed by atoms with van der Waals surface area (Å²) in [5, 5.41) is 21.0. The highest BCUT2D eigenvalue weighted by molar-refractivity contribution is 6.01. The van der Waals surface area contributed by atoms with Crippen LogP contribution in [0, 0.1) is 28.6 Å². The predicted octanol–water partition coefficient (Wildman–Crippen LogP) is 1.96. The Bertz CT molecular complexity index is 814. The van der Waals surface area contributed by atoms with E-state index in [0.29, 0.717) is 6.42 Å². The van der Waals surface area contributed by atoms with Crippen LogP contribution in [0.25, 0.3) is 0 Å². The molecular formula is C22H28O5. The molecule has 2 N–H and O–H groups in total. The molecule has 3 saturated carbocycles. The Morgan fingerprint density at radius 2 is 2.07 bits per heavy atom. The first-order chi connectivity index (χ1) is 12.6. The van der Waals surface area contributed by atoms with Crippen molar-refractivity contribution >= 4 is 11.6 Å². The third-order valence-electron chi connectivity index (χ3n) is 9.08. The van der Waals surface area contributed by atoms with Crippen LogP contribution >= 0.6 is 0 Å². The average Bonchev–Trinajstić information content (AvgIpc) is 3.31. The third-order valence-corrected chi connectivity index (χ3v) is 9.08. The molecule has 27 heavy (non-hydrogen) atoms. The smallest absolute Gasteiger partial charge is 0.190 e. The fourth-order valence-corrected chi connectivity index (χ4v) is 7.70. The maximum atomic E-state index is 12.6. The van der Waals surface area contributed by atoms with Crippen molar-refractivity contribution in [2.24, 2.45) is 28.6 Å². The molecule has 1 spiro atoms. The summed E-state index contributed by atoms with van der Waals surface area (Å²) in [6, 6.07) is 0. The zero-order valence-electron chi connectivity index (χ0n) is 16.2. The van der Waals surface area contributed by atoms with Crippen LogP contribution < -0.4 is 0 Å². The number of fused-ring (bicyclic) bond motifs is 3. The van der Waals surface area contributed by atoms with E-state index in [-0.39, 0.29) is 40.7 Å². The second kappa shape index (κ2) is 5.00. The van der Waals surface area contributed by atoms with Crippen LogP contribution in [0.1, 0.15) is 46.5 Å². The maximum absolute atomic E-state index is 12.6. The Kier molecular flexibility index (Phi) is 3.29. The minimum atomic E-state index is -1.50. The summed E-state index contributed by atoms with van der Waals surface area (Å²) >= 11 is 0. The summed E-state index contributed by atoms with van der Waals surface area (Å²) < 4.78 is 6.43. The Morgan fingerprint density at radius 3 is 2.78 bits per heavy atom. The number of ketones is 2. The molecule has 1 saturated heterocycles. The minimum absolute atomic E-state index is 0.0291. The molecule has 5 nitrogen and oxygen atoms in total. The van der Waals surface area contributed by atoms with Gasteiger partial charge >= 0.3 is 0 Å². The average molecular weight is 372 g/mol. The molecule has 1 aliphatic heterocycles. The topological polar surface area (TPSA) is 87.1 Å². The van der Waals surface area contributed by atoms with Gasteiger partial charge in [0.15, 0.2) is 11.6 Å². The lowest BCUT2D eigenvalue weighted by atomic mass is 9.46. The number of aliphatic hydroxyl groups is 2. The van der Waals surface area contributed by atoms with Crippen LogP contribution in [0.4, 0.5) is 0 Å². The van der Waals surface area contributed by atoms with Gasteiger partial charge in [0.25, 0.3) is 0 Å². The summed E-state index contributed by atoms with van der Waals surface area (Å²) in [5.41, 5.74) is -1.55. The van der Waals surface area contributed by atoms with E-state index < -0.39 is 23.4 Å². The van der Waals surface area contributed by atoms with Gasteiger partial charge in [-0.2, -0.15) is 0 Å². The van der Waals surface area contributed by atoms with Crippen molar-refractivity contribution in [1.29, 1.82) is 0 Å². The number of hydrogen-bond donors (Lipinski definition) is 2. The zero-order chi connectivity index (χ0) is 19.4. The highest BCUT2D eigenvalue weighted by Gasteiger charge is 2.81. The molecule has 146 valence electrons. The van der Waals surface area contributed by atoms with Crippen molar-refractivity contribution in [2.75, 3.05) is 6.61 Å². The molecule has 0 aromatic carbocycles. The molecule has 0 amide bonds. The van der Waals surface area contributed by atoms with Gasteiger partial charge in [0.2, 0.25) is 0 Å². The summed E-state index contributed by atoms with van der Waals surface area (Å²) in [4.78, 5) is 24.5. The van der Waals surface area contributed by atoms with Crippen LogP contribution in [-0.2, 0) is 14.3 Å². The number of hydrogen-bond acceptors (Lipinski definition) is 5. The molecule has 0 bridgehead atoms. The van der Waals surface area contributed by atoms with E-state index in [1.807, 2.05) is 19.9 Å². The van der Waals surface area contributed by atoms with Crippen molar-refractivity contribution in [2.45, 2.75) is 63.8 Å². The lowest BCUT2D eigenvalue weighted by Crippen LogP contribution is -2.62. The maximum Gasteiger partial charge on any atom is 0.190 e. The van der Waals surface area contributed by atoms with Gasteiger partial charge in [0, 0.05) is 10.8 Å². The molecule has 0 aromatic heterocycles. The highest BCUT2D eigenvalue weighted by atomic mass is 16.6. The minimum Gasteiger partial charge on any atom is -0.388 e. The number of carbonyl (C=O) groups excluding carboxylic acids is 2. The molecule has 5 aliphatic rings. The number of carbonyl (C=O) groups is 2. The standard InChI is InChI=1S/C22H28O5/c1-12-8-16-15-5-4-13-9-14(24)6-7-19(13,2)22(15)18(27-22)10-20(16,3)21(12,26)17(25)11-23/h6-7,9,12,15-16,18,23,26H,4-5,8,10-11H2,1-3H3/t12-,15+,16+,18+,19+,20+,21+,22-/m0/s1. The van der Waals surface area contributed by atoms with Gasteiger partial charge in [-0.15, -0.1) is 0 Å². The Hall–Kier alpha value is -1.30. The number of ether oxygens (including phenoxy) is 1. The van der Waals surface area contributed by atoms with E-state index in [4.69, 9.17) is 4.74 Å². The number of Topliss-reactive ketones (excluding diaryl/α,β-unsaturated/α-hetero) is 1. The van der Waals surface area contributed by atoms with Crippen molar-refractivity contribution in [1.82, 2.24) is 0 Å². The zero-order valence-corrected chi connectivity index (χ0v) is 16.2. The third kappa shape index (κ3) is 1.73. The van der Waals surface area contributed by atoms with Gasteiger partial charge in [-0.25, -0.2) is 0 Å². The van der Waals surface area contributed by atoms with Crippen LogP contribution in [0.2, 0.25) is 0 Å². The van der Waals surface area contributed by atoms with Gasteiger partial charge in [0.1, 0.15) is 17.8 Å². The SMILES string of the molecule is C[C@H]1C[C@@H]2[C@H]3CCC4=CC(=O)C=C[C@@]4(C)[C@]34O[C@@H]4C[C@@]2(C)[C@]1(O)C(=O)CO. The van der Waals surface area contributed by atoms with Crippen LogP contribution in [-0.4, -0.2) is 45.7 Å². The molecule has 8 atom stereocenters. The molecule has 5 heteroatoms. The second-order valence-corrected chi connectivity index (χ2v) is 9.86. The van der Waals surface area contributed by atoms with Crippen LogP contribution in [0.15, 0.2) is 23.8 Å². The van der Waals surface area contributed by atoms with E-state index >= 15 is 0 Å². The van der Waals surface area contributed by atoms with Crippen molar-refractivity contribution in [3.05, 3.63) is 23.8 Å². The molecule has 0 aromatic rings. The molecular weight excluding hydrogens is 344 g/mol. The Balaban J connectivity index is 1.60. The number of aliphatic hydroxyl groups excluding tert-OH is 1. The Labute approximate surface area is 159 Å². The molecule has 4 aliphatic carbocycles. The number of epoxide rings is 1. The van der Waals surface area contributed by atoms with E-state index in [9.17, 15) is 19.8 Å². The molecule has 0 radical (unpaired) electrons. The van der Waals surface area contributed by atoms with Crippen LogP contribution in [0.3, 0.4) is 0 Å². The van der Waals surface area contributed by atoms with Crippen molar-refractivity contribution in [3.8, 4) is 0 Å². The lowest BCUT2D eigenvalue weighted by molar-refractivity contribution is -0.165. The van der Waals surface area contributed by atoms with E-state index in [1.165, 1.54) is 0 Å². The molecule has 0 unspecified atom stereocenters. The summed E-state index contributed by atoms with van der Waals surface area (Å²) in [7, 11) is 0. The van der Waals surface area contributed by atoms with Gasteiger partial charge < -0.3 is 14.9 Å². The number of allylic oxidation sites excluding steroid dienone is 2. The van der Waals surface area contributed by atoms with E-state index in [1.54, 1.807) is 12.2 Å². The quantitative estimate of drug-likeness (QED) is 0.724. The monoisotopic (exact) mass is 372 g/mol. The summed E-state index contributed by atoms with van der Waals surface area (Å²) in [5.74, 6) is -0.193. The first-order valence-electron chi connectivity index (χ1n) is 10.1. The molecule has 4 fully saturated rings. The first-order valence-corrected chi connectivity index (χ1v) is 10.1. The molecule has 1 heterocycles. The Morgan fingerprint density at radius 1 is 1.33 bits per heavy atom. The summed E-state index contributed by atoms with van der Waals surface area (Å²) in [6.45, 7) is 5.51. The van der Waals surface area contributed by atoms with E-state index in [2.05, 4.69) is 6.92 Å². The van der Waals surface area contributed by atoms with Gasteiger partial charge in [-0.3, -0.25) is 9.59 Å². The highest BCUT2D eigenvalue weighted by Crippen LogP contribution is 2.76. The predicted molar refractivity (Wildman–Crippen MR) is 97.7 cm³/mol. The normalized spacial score (nSPS) is 55.1.